The lowest BCUT2D eigenvalue weighted by Gasteiger charge is -2.19. The van der Waals surface area contributed by atoms with Crippen LogP contribution in [0, 0.1) is 6.92 Å². The summed E-state index contributed by atoms with van der Waals surface area (Å²) in [6.45, 7) is 7.64. The maximum atomic E-state index is 10.6. The van der Waals surface area contributed by atoms with Crippen LogP contribution in [0.5, 0.6) is 0 Å². The Hall–Kier alpha value is -3.14. The van der Waals surface area contributed by atoms with Crippen LogP contribution >= 0.6 is 0 Å². The Morgan fingerprint density at radius 3 is 2.83 bits per heavy atom. The summed E-state index contributed by atoms with van der Waals surface area (Å²) >= 11 is 0. The monoisotopic (exact) mass is 400 g/mol. The van der Waals surface area contributed by atoms with E-state index in [9.17, 15) is 5.11 Å². The van der Waals surface area contributed by atoms with E-state index in [0.29, 0.717) is 31.4 Å². The Morgan fingerprint density at radius 2 is 2.10 bits per heavy atom. The second-order valence-corrected chi connectivity index (χ2v) is 6.96. The minimum absolute atomic E-state index is 0.172. The fraction of sp³-hybridized carbons (Fsp3) is 0.474. The number of rotatable bonds is 8. The first-order chi connectivity index (χ1) is 13.9. The highest BCUT2D eigenvalue weighted by Gasteiger charge is 2.26. The van der Waals surface area contributed by atoms with Crippen molar-refractivity contribution in [1.82, 2.24) is 30.4 Å². The van der Waals surface area contributed by atoms with Crippen LogP contribution in [-0.2, 0) is 12.6 Å². The molecule has 0 aromatic carbocycles. The third-order valence-corrected chi connectivity index (χ3v) is 4.40. The van der Waals surface area contributed by atoms with Gasteiger partial charge in [-0.25, -0.2) is 15.0 Å². The van der Waals surface area contributed by atoms with Crippen molar-refractivity contribution >= 4 is 22.8 Å². The first kappa shape index (κ1) is 20.6. The minimum Gasteiger partial charge on any atom is -0.463 e. The van der Waals surface area contributed by atoms with Gasteiger partial charge in [-0.05, 0) is 32.9 Å². The number of hydrogen-bond donors (Lipinski definition) is 4. The molecule has 3 heterocycles. The van der Waals surface area contributed by atoms with Crippen molar-refractivity contribution in [2.75, 3.05) is 31.5 Å². The molecule has 29 heavy (non-hydrogen) atoms. The number of aryl methyl sites for hydroxylation is 2. The van der Waals surface area contributed by atoms with Crippen LogP contribution in [0.25, 0.3) is 11.0 Å². The van der Waals surface area contributed by atoms with E-state index in [4.69, 9.17) is 4.42 Å². The number of aliphatic hydroxyl groups is 1. The van der Waals surface area contributed by atoms with Crippen molar-refractivity contribution in [3.05, 3.63) is 36.2 Å². The SMILES string of the molecule is CCNC(=NCC(C)(O)c1ccc(C)o1)NCCNc1ncnc2c1cnn2C. The number of guanidine groups is 1. The highest BCUT2D eigenvalue weighted by molar-refractivity contribution is 5.86. The number of aliphatic imine (C=N–C) groups is 1. The Morgan fingerprint density at radius 1 is 1.28 bits per heavy atom. The fourth-order valence-corrected chi connectivity index (χ4v) is 2.84. The molecule has 156 valence electrons. The van der Waals surface area contributed by atoms with Gasteiger partial charge in [-0.1, -0.05) is 0 Å². The summed E-state index contributed by atoms with van der Waals surface area (Å²) in [7, 11) is 1.85. The van der Waals surface area contributed by atoms with Gasteiger partial charge in [-0.3, -0.25) is 4.68 Å². The van der Waals surface area contributed by atoms with Gasteiger partial charge in [-0.2, -0.15) is 5.10 Å². The quantitative estimate of drug-likeness (QED) is 0.252. The van der Waals surface area contributed by atoms with Crippen molar-refractivity contribution in [3.8, 4) is 0 Å². The molecule has 0 amide bonds. The van der Waals surface area contributed by atoms with Crippen molar-refractivity contribution in [2.45, 2.75) is 26.4 Å². The molecule has 0 fully saturated rings. The summed E-state index contributed by atoms with van der Waals surface area (Å²) in [6, 6.07) is 3.60. The maximum Gasteiger partial charge on any atom is 0.191 e. The summed E-state index contributed by atoms with van der Waals surface area (Å²) in [4.78, 5) is 13.0. The van der Waals surface area contributed by atoms with E-state index >= 15 is 0 Å². The lowest BCUT2D eigenvalue weighted by atomic mass is 10.0. The summed E-state index contributed by atoms with van der Waals surface area (Å²) < 4.78 is 7.25. The van der Waals surface area contributed by atoms with Crippen LogP contribution in [0.2, 0.25) is 0 Å². The molecule has 3 aromatic rings. The highest BCUT2D eigenvalue weighted by atomic mass is 16.4. The molecule has 0 bridgehead atoms. The van der Waals surface area contributed by atoms with Crippen molar-refractivity contribution in [2.24, 2.45) is 12.0 Å². The van der Waals surface area contributed by atoms with Gasteiger partial charge in [0.25, 0.3) is 0 Å². The molecule has 0 aliphatic heterocycles. The Bertz CT molecular complexity index is 976. The van der Waals surface area contributed by atoms with E-state index < -0.39 is 5.60 Å². The average molecular weight is 400 g/mol. The van der Waals surface area contributed by atoms with Gasteiger partial charge in [0.15, 0.2) is 11.6 Å². The lowest BCUT2D eigenvalue weighted by molar-refractivity contribution is 0.0428. The smallest absolute Gasteiger partial charge is 0.191 e. The van der Waals surface area contributed by atoms with Crippen molar-refractivity contribution < 1.29 is 9.52 Å². The first-order valence-electron chi connectivity index (χ1n) is 9.58. The molecule has 0 radical (unpaired) electrons. The number of aromatic nitrogens is 4. The molecule has 3 aromatic heterocycles. The molecule has 0 saturated heterocycles. The molecule has 0 aliphatic rings. The molecule has 1 unspecified atom stereocenters. The molecule has 4 N–H and O–H groups in total. The second kappa shape index (κ2) is 8.91. The van der Waals surface area contributed by atoms with Crippen LogP contribution in [0.1, 0.15) is 25.4 Å². The Labute approximate surface area is 169 Å². The number of furan rings is 1. The number of nitrogens with zero attached hydrogens (tertiary/aromatic N) is 5. The largest absolute Gasteiger partial charge is 0.463 e. The van der Waals surface area contributed by atoms with Gasteiger partial charge < -0.3 is 25.5 Å². The average Bonchev–Trinajstić information content (AvgIpc) is 3.30. The molecule has 1 atom stereocenters. The van der Waals surface area contributed by atoms with Gasteiger partial charge in [0.1, 0.15) is 29.3 Å². The van der Waals surface area contributed by atoms with E-state index in [0.717, 1.165) is 22.6 Å². The van der Waals surface area contributed by atoms with Gasteiger partial charge in [0.05, 0.1) is 18.1 Å². The van der Waals surface area contributed by atoms with Crippen LogP contribution < -0.4 is 16.0 Å². The van der Waals surface area contributed by atoms with Gasteiger partial charge in [0, 0.05) is 26.7 Å². The van der Waals surface area contributed by atoms with Crippen LogP contribution in [0.3, 0.4) is 0 Å². The minimum atomic E-state index is -1.18. The number of fused-ring (bicyclic) bond motifs is 1. The van der Waals surface area contributed by atoms with E-state index in [1.807, 2.05) is 27.0 Å². The second-order valence-electron chi connectivity index (χ2n) is 6.96. The van der Waals surface area contributed by atoms with E-state index in [1.165, 1.54) is 6.33 Å². The zero-order valence-electron chi connectivity index (χ0n) is 17.2. The van der Waals surface area contributed by atoms with Crippen molar-refractivity contribution in [1.29, 1.82) is 0 Å². The summed E-state index contributed by atoms with van der Waals surface area (Å²) in [6.07, 6.45) is 3.26. The summed E-state index contributed by atoms with van der Waals surface area (Å²) in [5.74, 6) is 2.61. The summed E-state index contributed by atoms with van der Waals surface area (Å²) in [5.41, 5.74) is -0.400. The predicted octanol–water partition coefficient (Wildman–Crippen LogP) is 1.14. The molecule has 10 heteroatoms. The van der Waals surface area contributed by atoms with Crippen molar-refractivity contribution in [3.63, 3.8) is 0 Å². The molecular weight excluding hydrogens is 372 g/mol. The standard InChI is InChI=1S/C19H28N8O2/c1-5-20-18(23-11-19(3,28)15-7-6-13(2)29-15)22-9-8-21-16-14-10-26-27(4)17(14)25-12-24-16/h6-7,10,12,28H,5,8-9,11H2,1-4H3,(H2,20,22,23)(H,21,24,25). The van der Waals surface area contributed by atoms with E-state index in [1.54, 1.807) is 23.9 Å². The number of nitrogens with one attached hydrogen (secondary N) is 3. The summed E-state index contributed by atoms with van der Waals surface area (Å²) in [5, 5.41) is 25.4. The van der Waals surface area contributed by atoms with E-state index in [2.05, 4.69) is 36.0 Å². The van der Waals surface area contributed by atoms with Crippen LogP contribution in [0.15, 0.2) is 34.1 Å². The van der Waals surface area contributed by atoms with Crippen LogP contribution in [0.4, 0.5) is 5.82 Å². The third kappa shape index (κ3) is 5.02. The molecular formula is C19H28N8O2. The third-order valence-electron chi connectivity index (χ3n) is 4.40. The molecule has 3 rings (SSSR count). The fourth-order valence-electron chi connectivity index (χ4n) is 2.84. The number of hydrogen-bond acceptors (Lipinski definition) is 7. The highest BCUT2D eigenvalue weighted by Crippen LogP contribution is 2.23. The molecule has 0 spiro atoms. The topological polar surface area (TPSA) is 125 Å². The maximum absolute atomic E-state index is 10.6. The van der Waals surface area contributed by atoms with Gasteiger partial charge in [0.2, 0.25) is 0 Å². The number of anilines is 1. The van der Waals surface area contributed by atoms with Crippen LogP contribution in [-0.4, -0.2) is 57.0 Å². The molecule has 10 nitrogen and oxygen atoms in total. The first-order valence-corrected chi connectivity index (χ1v) is 9.58. The predicted molar refractivity (Wildman–Crippen MR) is 112 cm³/mol. The van der Waals surface area contributed by atoms with Gasteiger partial charge in [-0.15, -0.1) is 0 Å². The molecule has 0 saturated carbocycles. The zero-order chi connectivity index (χ0) is 20.9. The normalized spacial score (nSPS) is 14.0. The van der Waals surface area contributed by atoms with E-state index in [-0.39, 0.29) is 6.54 Å². The Balaban J connectivity index is 1.55. The molecule has 0 aliphatic carbocycles. The lowest BCUT2D eigenvalue weighted by Crippen LogP contribution is -2.40. The zero-order valence-corrected chi connectivity index (χ0v) is 17.2. The van der Waals surface area contributed by atoms with Gasteiger partial charge >= 0.3 is 0 Å². The Kier molecular flexibility index (Phi) is 6.32.